The topological polar surface area (TPSA) is 29.5 Å². The highest BCUT2D eigenvalue weighted by Gasteiger charge is 2.20. The van der Waals surface area contributed by atoms with E-state index in [4.69, 9.17) is 4.74 Å². The van der Waals surface area contributed by atoms with Crippen molar-refractivity contribution in [2.24, 2.45) is 0 Å². The number of aromatic hydroxyl groups is 1. The molecule has 0 heterocycles. The molecule has 2 nitrogen and oxygen atoms in total. The first-order chi connectivity index (χ1) is 17.2. The van der Waals surface area contributed by atoms with Gasteiger partial charge in [-0.2, -0.15) is 0 Å². The first kappa shape index (κ1) is 22.5. The summed E-state index contributed by atoms with van der Waals surface area (Å²) in [6, 6.07) is 43.1. The van der Waals surface area contributed by atoms with Crippen molar-refractivity contribution >= 4 is 0 Å². The molecule has 2 heteroatoms. The monoisotopic (exact) mass is 456 g/mol. The van der Waals surface area contributed by atoms with Gasteiger partial charge in [-0.1, -0.05) is 115 Å². The normalized spacial score (nSPS) is 11.7. The molecule has 0 spiro atoms. The summed E-state index contributed by atoms with van der Waals surface area (Å²) in [6.07, 6.45) is 0.485. The lowest BCUT2D eigenvalue weighted by Crippen LogP contribution is -2.16. The highest BCUT2D eigenvalue weighted by atomic mass is 16.5. The van der Waals surface area contributed by atoms with Crippen molar-refractivity contribution in [2.75, 3.05) is 0 Å². The van der Waals surface area contributed by atoms with Crippen molar-refractivity contribution in [1.29, 1.82) is 0 Å². The van der Waals surface area contributed by atoms with Crippen LogP contribution in [0.15, 0.2) is 127 Å². The first-order valence-electron chi connectivity index (χ1n) is 12.0. The molecule has 0 bridgehead atoms. The van der Waals surface area contributed by atoms with Gasteiger partial charge in [0, 0.05) is 17.5 Å². The Labute approximate surface area is 207 Å². The second-order valence-corrected chi connectivity index (χ2v) is 8.72. The van der Waals surface area contributed by atoms with Gasteiger partial charge >= 0.3 is 0 Å². The molecule has 0 saturated heterocycles. The van der Waals surface area contributed by atoms with E-state index in [9.17, 15) is 5.11 Å². The zero-order valence-corrected chi connectivity index (χ0v) is 19.8. The molecule has 0 aliphatic rings. The fraction of sp³-hybridized carbons (Fsp3) is 0.0909. The molecule has 0 radical (unpaired) electrons. The lowest BCUT2D eigenvalue weighted by Gasteiger charge is -2.23. The smallest absolute Gasteiger partial charge is 0.128 e. The first-order valence-corrected chi connectivity index (χ1v) is 12.0. The second-order valence-electron chi connectivity index (χ2n) is 8.72. The van der Waals surface area contributed by atoms with Gasteiger partial charge < -0.3 is 9.84 Å². The molecule has 5 rings (SSSR count). The van der Waals surface area contributed by atoms with Crippen molar-refractivity contribution in [1.82, 2.24) is 0 Å². The molecule has 0 saturated carbocycles. The quantitative estimate of drug-likeness (QED) is 0.266. The lowest BCUT2D eigenvalue weighted by atomic mass is 9.87. The Kier molecular flexibility index (Phi) is 6.63. The summed E-state index contributed by atoms with van der Waals surface area (Å²) in [7, 11) is 0. The predicted octanol–water partition coefficient (Wildman–Crippen LogP) is 8.40. The Balaban J connectivity index is 1.67. The predicted molar refractivity (Wildman–Crippen MR) is 145 cm³/mol. The summed E-state index contributed by atoms with van der Waals surface area (Å²) in [5.74, 6) is 1.13. The van der Waals surface area contributed by atoms with Crippen LogP contribution in [0.5, 0.6) is 11.5 Å². The molecule has 1 atom stereocenters. The number of phenolic OH excluding ortho intramolecular Hbond substituents is 1. The fourth-order valence-corrected chi connectivity index (χ4v) is 4.59. The Morgan fingerprint density at radius 3 is 1.69 bits per heavy atom. The molecule has 0 amide bonds. The molecule has 35 heavy (non-hydrogen) atoms. The van der Waals surface area contributed by atoms with Gasteiger partial charge in [0.25, 0.3) is 0 Å². The van der Waals surface area contributed by atoms with Crippen LogP contribution in [-0.2, 0) is 6.42 Å². The van der Waals surface area contributed by atoms with Crippen molar-refractivity contribution in [3.63, 3.8) is 0 Å². The fourth-order valence-electron chi connectivity index (χ4n) is 4.59. The van der Waals surface area contributed by atoms with E-state index in [-0.39, 0.29) is 6.10 Å². The van der Waals surface area contributed by atoms with Crippen molar-refractivity contribution in [3.8, 4) is 44.9 Å². The number of ether oxygens (including phenoxy) is 1. The van der Waals surface area contributed by atoms with Crippen LogP contribution in [0.25, 0.3) is 33.4 Å². The molecule has 0 fully saturated rings. The molecule has 172 valence electrons. The second kappa shape index (κ2) is 10.3. The molecular weight excluding hydrogens is 428 g/mol. The van der Waals surface area contributed by atoms with Crippen molar-refractivity contribution < 1.29 is 9.84 Å². The van der Waals surface area contributed by atoms with E-state index in [0.717, 1.165) is 44.7 Å². The van der Waals surface area contributed by atoms with E-state index in [1.807, 2.05) is 36.4 Å². The maximum absolute atomic E-state index is 10.3. The number of phenols is 1. The highest BCUT2D eigenvalue weighted by Crippen LogP contribution is 2.45. The zero-order valence-electron chi connectivity index (χ0n) is 19.8. The largest absolute Gasteiger partial charge is 0.508 e. The van der Waals surface area contributed by atoms with Crippen LogP contribution in [0.2, 0.25) is 0 Å². The minimum atomic E-state index is -0.128. The van der Waals surface area contributed by atoms with Crippen molar-refractivity contribution in [2.45, 2.75) is 19.4 Å². The third kappa shape index (κ3) is 4.97. The molecule has 1 unspecified atom stereocenters. The third-order valence-electron chi connectivity index (χ3n) is 6.20. The Morgan fingerprint density at radius 1 is 0.571 bits per heavy atom. The van der Waals surface area contributed by atoms with E-state index in [1.165, 1.54) is 0 Å². The summed E-state index contributed by atoms with van der Waals surface area (Å²) in [6.45, 7) is 2.05. The maximum Gasteiger partial charge on any atom is 0.128 e. The Morgan fingerprint density at radius 2 is 1.09 bits per heavy atom. The van der Waals surface area contributed by atoms with Crippen LogP contribution in [0, 0.1) is 0 Å². The van der Waals surface area contributed by atoms with E-state index < -0.39 is 0 Å². The number of hydrogen-bond acceptors (Lipinski definition) is 2. The summed E-state index contributed by atoms with van der Waals surface area (Å²) in [4.78, 5) is 0. The standard InChI is InChI=1S/C33H28O2/c1-24(23-28-19-11-12-20-30(28)34)35-31-22-21-29(25-13-5-2-6-14-25)32(26-15-7-3-8-16-26)33(31)27-17-9-4-10-18-27/h2-22,24,34H,23H2,1H3. The Hall–Kier alpha value is -4.30. The maximum atomic E-state index is 10.3. The van der Waals surface area contributed by atoms with Gasteiger partial charge in [0.05, 0.1) is 0 Å². The molecule has 0 aliphatic carbocycles. The van der Waals surface area contributed by atoms with Crippen LogP contribution in [0.1, 0.15) is 12.5 Å². The van der Waals surface area contributed by atoms with E-state index >= 15 is 0 Å². The summed E-state index contributed by atoms with van der Waals surface area (Å²) in [5.41, 5.74) is 7.68. The minimum Gasteiger partial charge on any atom is -0.508 e. The van der Waals surface area contributed by atoms with E-state index in [1.54, 1.807) is 6.07 Å². The van der Waals surface area contributed by atoms with Gasteiger partial charge in [-0.05, 0) is 46.9 Å². The van der Waals surface area contributed by atoms with Crippen LogP contribution >= 0.6 is 0 Å². The highest BCUT2D eigenvalue weighted by molar-refractivity contribution is 5.97. The van der Waals surface area contributed by atoms with Gasteiger partial charge in [0.1, 0.15) is 17.6 Å². The van der Waals surface area contributed by atoms with Gasteiger partial charge in [0.15, 0.2) is 0 Å². The average molecular weight is 457 g/mol. The van der Waals surface area contributed by atoms with Gasteiger partial charge in [-0.15, -0.1) is 0 Å². The van der Waals surface area contributed by atoms with Crippen LogP contribution in [-0.4, -0.2) is 11.2 Å². The van der Waals surface area contributed by atoms with Crippen LogP contribution in [0.3, 0.4) is 0 Å². The average Bonchev–Trinajstić information content (AvgIpc) is 2.91. The van der Waals surface area contributed by atoms with Gasteiger partial charge in [-0.3, -0.25) is 0 Å². The summed E-state index contributed by atoms with van der Waals surface area (Å²) in [5, 5.41) is 10.3. The molecule has 0 aromatic heterocycles. The molecular formula is C33H28O2. The lowest BCUT2D eigenvalue weighted by molar-refractivity contribution is 0.222. The Bertz CT molecular complexity index is 1390. The van der Waals surface area contributed by atoms with Gasteiger partial charge in [-0.25, -0.2) is 0 Å². The molecule has 5 aromatic rings. The number of para-hydroxylation sites is 1. The summed E-state index contributed by atoms with van der Waals surface area (Å²) < 4.78 is 6.60. The van der Waals surface area contributed by atoms with E-state index in [2.05, 4.69) is 91.9 Å². The van der Waals surface area contributed by atoms with Crippen molar-refractivity contribution in [3.05, 3.63) is 133 Å². The molecule has 0 aliphatic heterocycles. The van der Waals surface area contributed by atoms with Crippen LogP contribution in [0.4, 0.5) is 0 Å². The zero-order chi connectivity index (χ0) is 24.0. The number of benzene rings is 5. The summed E-state index contributed by atoms with van der Waals surface area (Å²) >= 11 is 0. The number of hydrogen-bond donors (Lipinski definition) is 1. The molecule has 1 N–H and O–H groups in total. The molecule has 5 aromatic carbocycles. The minimum absolute atomic E-state index is 0.128. The van der Waals surface area contributed by atoms with Gasteiger partial charge in [0.2, 0.25) is 0 Å². The number of rotatable bonds is 7. The SMILES string of the molecule is CC(Cc1ccccc1O)Oc1ccc(-c2ccccc2)c(-c2ccccc2)c1-c1ccccc1. The van der Waals surface area contributed by atoms with Crippen LogP contribution < -0.4 is 4.74 Å². The van der Waals surface area contributed by atoms with E-state index in [0.29, 0.717) is 12.2 Å². The third-order valence-corrected chi connectivity index (χ3v) is 6.20.